The van der Waals surface area contributed by atoms with Crippen molar-refractivity contribution in [2.45, 2.75) is 46.3 Å². The third kappa shape index (κ3) is 9.13. The first-order chi connectivity index (χ1) is 14.2. The molecule has 7 nitrogen and oxygen atoms in total. The number of nitrogens with zero attached hydrogens (tertiary/aromatic N) is 2. The molecule has 0 saturated carbocycles. The van der Waals surface area contributed by atoms with Crippen LogP contribution in [0.15, 0.2) is 47.6 Å². The van der Waals surface area contributed by atoms with Gasteiger partial charge >= 0.3 is 6.09 Å². The number of benzene rings is 1. The van der Waals surface area contributed by atoms with E-state index in [9.17, 15) is 4.79 Å². The SMILES string of the molecule is CCNC(=NCc1ccc(Cl)nc1)NCCc1ccc(NC(=O)OC(C)(C)C)cc1. The maximum absolute atomic E-state index is 11.8. The lowest BCUT2D eigenvalue weighted by atomic mass is 10.1. The molecule has 30 heavy (non-hydrogen) atoms. The maximum Gasteiger partial charge on any atom is 0.412 e. The normalized spacial score (nSPS) is 11.7. The third-order valence-corrected chi connectivity index (χ3v) is 4.08. The number of nitrogens with one attached hydrogen (secondary N) is 3. The van der Waals surface area contributed by atoms with Crippen molar-refractivity contribution in [3.05, 3.63) is 58.9 Å². The van der Waals surface area contributed by atoms with Crippen molar-refractivity contribution in [1.29, 1.82) is 0 Å². The minimum atomic E-state index is -0.522. The van der Waals surface area contributed by atoms with Gasteiger partial charge in [-0.2, -0.15) is 0 Å². The minimum Gasteiger partial charge on any atom is -0.444 e. The summed E-state index contributed by atoms with van der Waals surface area (Å²) >= 11 is 5.81. The highest BCUT2D eigenvalue weighted by Crippen LogP contribution is 2.13. The number of anilines is 1. The summed E-state index contributed by atoms with van der Waals surface area (Å²) in [6.45, 7) is 9.54. The lowest BCUT2D eigenvalue weighted by Crippen LogP contribution is -2.38. The van der Waals surface area contributed by atoms with Crippen molar-refractivity contribution in [2.24, 2.45) is 4.99 Å². The Kier molecular flexibility index (Phi) is 8.92. The number of hydrogen-bond acceptors (Lipinski definition) is 4. The molecule has 0 atom stereocenters. The van der Waals surface area contributed by atoms with E-state index in [1.165, 1.54) is 0 Å². The van der Waals surface area contributed by atoms with Gasteiger partial charge < -0.3 is 15.4 Å². The van der Waals surface area contributed by atoms with Gasteiger partial charge in [0.25, 0.3) is 0 Å². The van der Waals surface area contributed by atoms with Crippen LogP contribution in [0.1, 0.15) is 38.8 Å². The fourth-order valence-corrected chi connectivity index (χ4v) is 2.63. The van der Waals surface area contributed by atoms with E-state index in [1.54, 1.807) is 12.3 Å². The zero-order valence-corrected chi connectivity index (χ0v) is 18.7. The van der Waals surface area contributed by atoms with E-state index in [-0.39, 0.29) is 0 Å². The molecular weight excluding hydrogens is 402 g/mol. The van der Waals surface area contributed by atoms with Crippen LogP contribution in [-0.2, 0) is 17.7 Å². The van der Waals surface area contributed by atoms with Crippen molar-refractivity contribution >= 4 is 29.3 Å². The molecule has 1 aromatic heterocycles. The highest BCUT2D eigenvalue weighted by atomic mass is 35.5. The topological polar surface area (TPSA) is 87.6 Å². The number of hydrogen-bond donors (Lipinski definition) is 3. The van der Waals surface area contributed by atoms with Gasteiger partial charge in [0.2, 0.25) is 0 Å². The molecule has 8 heteroatoms. The first kappa shape index (κ1) is 23.5. The molecule has 3 N–H and O–H groups in total. The van der Waals surface area contributed by atoms with Crippen LogP contribution in [0.3, 0.4) is 0 Å². The summed E-state index contributed by atoms with van der Waals surface area (Å²) in [5.74, 6) is 0.746. The van der Waals surface area contributed by atoms with Crippen molar-refractivity contribution in [1.82, 2.24) is 15.6 Å². The number of pyridine rings is 1. The number of amides is 1. The summed E-state index contributed by atoms with van der Waals surface area (Å²) in [7, 11) is 0. The molecule has 2 rings (SSSR count). The molecule has 0 bridgehead atoms. The Morgan fingerprint density at radius 1 is 1.10 bits per heavy atom. The molecule has 1 heterocycles. The van der Waals surface area contributed by atoms with Crippen LogP contribution in [-0.4, -0.2) is 35.7 Å². The number of rotatable bonds is 7. The van der Waals surface area contributed by atoms with E-state index in [0.29, 0.717) is 17.4 Å². The Morgan fingerprint density at radius 3 is 2.40 bits per heavy atom. The quantitative estimate of drug-likeness (QED) is 0.344. The van der Waals surface area contributed by atoms with Crippen molar-refractivity contribution < 1.29 is 9.53 Å². The maximum atomic E-state index is 11.8. The van der Waals surface area contributed by atoms with E-state index in [1.807, 2.05) is 58.0 Å². The smallest absolute Gasteiger partial charge is 0.412 e. The molecular formula is C22H30ClN5O2. The summed E-state index contributed by atoms with van der Waals surface area (Å²) in [4.78, 5) is 20.5. The average Bonchev–Trinajstić information content (AvgIpc) is 2.67. The van der Waals surface area contributed by atoms with E-state index < -0.39 is 11.7 Å². The van der Waals surface area contributed by atoms with Crippen LogP contribution in [0.4, 0.5) is 10.5 Å². The number of guanidine groups is 1. The monoisotopic (exact) mass is 431 g/mol. The van der Waals surface area contributed by atoms with Gasteiger partial charge in [0.1, 0.15) is 10.8 Å². The van der Waals surface area contributed by atoms with Gasteiger partial charge in [-0.15, -0.1) is 0 Å². The van der Waals surface area contributed by atoms with Gasteiger partial charge in [0.05, 0.1) is 6.54 Å². The predicted octanol–water partition coefficient (Wildman–Crippen LogP) is 4.38. The molecule has 0 saturated heterocycles. The van der Waals surface area contributed by atoms with Crippen LogP contribution < -0.4 is 16.0 Å². The van der Waals surface area contributed by atoms with Crippen LogP contribution in [0.5, 0.6) is 0 Å². The molecule has 162 valence electrons. The summed E-state index contributed by atoms with van der Waals surface area (Å²) in [5.41, 5.74) is 2.32. The fraction of sp³-hybridized carbons (Fsp3) is 0.409. The van der Waals surface area contributed by atoms with Crippen LogP contribution in [0.25, 0.3) is 0 Å². The standard InChI is InChI=1S/C22H30ClN5O2/c1-5-24-20(27-15-17-8-11-19(23)26-14-17)25-13-12-16-6-9-18(10-7-16)28-21(29)30-22(2,3)4/h6-11,14H,5,12-13,15H2,1-4H3,(H,28,29)(H2,24,25,27). The Hall–Kier alpha value is -2.80. The third-order valence-electron chi connectivity index (χ3n) is 3.86. The largest absolute Gasteiger partial charge is 0.444 e. The minimum absolute atomic E-state index is 0.459. The highest BCUT2D eigenvalue weighted by molar-refractivity contribution is 6.29. The van der Waals surface area contributed by atoms with Gasteiger partial charge in [-0.3, -0.25) is 5.32 Å². The highest BCUT2D eigenvalue weighted by Gasteiger charge is 2.16. The zero-order valence-electron chi connectivity index (χ0n) is 18.0. The number of aliphatic imine (C=N–C) groups is 1. The second-order valence-corrected chi connectivity index (χ2v) is 8.07. The van der Waals surface area contributed by atoms with Crippen molar-refractivity contribution in [2.75, 3.05) is 18.4 Å². The fourth-order valence-electron chi connectivity index (χ4n) is 2.51. The Balaban J connectivity index is 1.82. The zero-order chi connectivity index (χ0) is 22.0. The molecule has 0 fully saturated rings. The molecule has 0 spiro atoms. The number of carbonyl (C=O) groups is 1. The molecule has 0 unspecified atom stereocenters. The van der Waals surface area contributed by atoms with E-state index >= 15 is 0 Å². The van der Waals surface area contributed by atoms with Crippen molar-refractivity contribution in [3.63, 3.8) is 0 Å². The number of ether oxygens (including phenoxy) is 1. The first-order valence-corrected chi connectivity index (χ1v) is 10.3. The summed E-state index contributed by atoms with van der Waals surface area (Å²) in [6, 6.07) is 11.4. The Labute approximate surface area is 183 Å². The Bertz CT molecular complexity index is 830. The van der Waals surface area contributed by atoms with E-state index in [4.69, 9.17) is 16.3 Å². The molecule has 0 aliphatic carbocycles. The predicted molar refractivity (Wildman–Crippen MR) is 122 cm³/mol. The van der Waals surface area contributed by atoms with Crippen LogP contribution in [0.2, 0.25) is 5.15 Å². The number of aromatic nitrogens is 1. The van der Waals surface area contributed by atoms with Gasteiger partial charge in [-0.1, -0.05) is 29.8 Å². The van der Waals surface area contributed by atoms with Gasteiger partial charge in [0, 0.05) is 25.0 Å². The molecule has 0 radical (unpaired) electrons. The van der Waals surface area contributed by atoms with Gasteiger partial charge in [0.15, 0.2) is 5.96 Å². The first-order valence-electron chi connectivity index (χ1n) is 9.97. The number of halogens is 1. The lowest BCUT2D eigenvalue weighted by Gasteiger charge is -2.19. The second kappa shape index (κ2) is 11.4. The van der Waals surface area contributed by atoms with E-state index in [2.05, 4.69) is 25.9 Å². The molecule has 1 amide bonds. The van der Waals surface area contributed by atoms with Crippen LogP contribution in [0, 0.1) is 0 Å². The lowest BCUT2D eigenvalue weighted by molar-refractivity contribution is 0.0636. The second-order valence-electron chi connectivity index (χ2n) is 7.68. The molecule has 0 aliphatic rings. The number of carbonyl (C=O) groups excluding carboxylic acids is 1. The van der Waals surface area contributed by atoms with Crippen molar-refractivity contribution in [3.8, 4) is 0 Å². The summed E-state index contributed by atoms with van der Waals surface area (Å²) < 4.78 is 5.26. The summed E-state index contributed by atoms with van der Waals surface area (Å²) in [5, 5.41) is 9.76. The molecule has 2 aromatic rings. The van der Waals surface area contributed by atoms with E-state index in [0.717, 1.165) is 36.6 Å². The van der Waals surface area contributed by atoms with Crippen LogP contribution >= 0.6 is 11.6 Å². The average molecular weight is 432 g/mol. The van der Waals surface area contributed by atoms with Gasteiger partial charge in [-0.25, -0.2) is 14.8 Å². The summed E-state index contributed by atoms with van der Waals surface area (Å²) in [6.07, 6.45) is 2.08. The molecule has 0 aliphatic heterocycles. The molecule has 1 aromatic carbocycles. The van der Waals surface area contributed by atoms with Gasteiger partial charge in [-0.05, 0) is 63.4 Å². The Morgan fingerprint density at radius 2 is 1.80 bits per heavy atom.